The number of hydrogen-bond donors (Lipinski definition) is 1. The molecule has 0 atom stereocenters. The van der Waals surface area contributed by atoms with Crippen molar-refractivity contribution in [2.75, 3.05) is 6.54 Å². The molecule has 2 aromatic rings. The summed E-state index contributed by atoms with van der Waals surface area (Å²) in [6.07, 6.45) is 2.24. The highest BCUT2D eigenvalue weighted by molar-refractivity contribution is 5.83. The number of pyridine rings is 1. The number of fused-ring (bicyclic) bond motifs is 1. The van der Waals surface area contributed by atoms with Gasteiger partial charge in [-0.25, -0.2) is 0 Å². The molecule has 0 spiro atoms. The van der Waals surface area contributed by atoms with E-state index in [4.69, 9.17) is 0 Å². The van der Waals surface area contributed by atoms with E-state index in [2.05, 4.69) is 55.3 Å². The van der Waals surface area contributed by atoms with Gasteiger partial charge in [0.25, 0.3) is 0 Å². The Morgan fingerprint density at radius 2 is 2.00 bits per heavy atom. The summed E-state index contributed by atoms with van der Waals surface area (Å²) in [7, 11) is 0. The third kappa shape index (κ3) is 2.88. The Bertz CT molecular complexity index is 532. The summed E-state index contributed by atoms with van der Waals surface area (Å²) in [5.41, 5.74) is 4.95. The van der Waals surface area contributed by atoms with Gasteiger partial charge in [-0.2, -0.15) is 0 Å². The third-order valence-electron chi connectivity index (χ3n) is 3.24. The van der Waals surface area contributed by atoms with E-state index in [0.29, 0.717) is 0 Å². The van der Waals surface area contributed by atoms with Gasteiger partial charge >= 0.3 is 0 Å². The van der Waals surface area contributed by atoms with Crippen molar-refractivity contribution in [2.45, 2.75) is 40.2 Å². The fraction of sp³-hybridized carbons (Fsp3) is 0.438. The number of aryl methyl sites for hydroxylation is 2. The van der Waals surface area contributed by atoms with Gasteiger partial charge in [-0.05, 0) is 55.6 Å². The van der Waals surface area contributed by atoms with E-state index in [1.165, 1.54) is 22.9 Å². The van der Waals surface area contributed by atoms with E-state index >= 15 is 0 Å². The molecule has 0 aliphatic carbocycles. The number of rotatable bonds is 5. The number of nitrogens with zero attached hydrogens (tertiary/aromatic N) is 1. The van der Waals surface area contributed by atoms with Gasteiger partial charge in [-0.15, -0.1) is 0 Å². The second-order valence-corrected chi connectivity index (χ2v) is 4.80. The summed E-state index contributed by atoms with van der Waals surface area (Å²) in [5.74, 6) is 0. The van der Waals surface area contributed by atoms with E-state index in [1.54, 1.807) is 0 Å². The van der Waals surface area contributed by atoms with Crippen molar-refractivity contribution in [3.8, 4) is 0 Å². The van der Waals surface area contributed by atoms with Crippen molar-refractivity contribution < 1.29 is 0 Å². The van der Waals surface area contributed by atoms with Crippen LogP contribution in [0.4, 0.5) is 0 Å². The molecule has 0 aliphatic heterocycles. The first-order valence-corrected chi connectivity index (χ1v) is 6.84. The lowest BCUT2D eigenvalue weighted by atomic mass is 10.0. The Labute approximate surface area is 109 Å². The summed E-state index contributed by atoms with van der Waals surface area (Å²) < 4.78 is 0. The topological polar surface area (TPSA) is 24.9 Å². The van der Waals surface area contributed by atoms with E-state index in [9.17, 15) is 0 Å². The smallest absolute Gasteiger partial charge is 0.0708 e. The summed E-state index contributed by atoms with van der Waals surface area (Å²) in [4.78, 5) is 4.61. The predicted molar refractivity (Wildman–Crippen MR) is 77.9 cm³/mol. The number of nitrogens with one attached hydrogen (secondary N) is 1. The molecule has 0 aliphatic rings. The predicted octanol–water partition coefficient (Wildman–Crippen LogP) is 3.61. The van der Waals surface area contributed by atoms with Crippen LogP contribution in [-0.2, 0) is 13.0 Å². The van der Waals surface area contributed by atoms with Crippen LogP contribution in [0, 0.1) is 6.92 Å². The van der Waals surface area contributed by atoms with Crippen LogP contribution in [0.5, 0.6) is 0 Å². The maximum absolute atomic E-state index is 4.61. The first-order valence-electron chi connectivity index (χ1n) is 6.84. The fourth-order valence-electron chi connectivity index (χ4n) is 2.26. The molecule has 2 rings (SSSR count). The Kier molecular flexibility index (Phi) is 4.32. The molecule has 0 fully saturated rings. The average molecular weight is 242 g/mol. The zero-order valence-corrected chi connectivity index (χ0v) is 11.6. The molecule has 96 valence electrons. The summed E-state index contributed by atoms with van der Waals surface area (Å²) in [6.45, 7) is 8.45. The maximum atomic E-state index is 4.61. The first kappa shape index (κ1) is 13.0. The normalized spacial score (nSPS) is 11.1. The second-order valence-electron chi connectivity index (χ2n) is 4.80. The summed E-state index contributed by atoms with van der Waals surface area (Å²) >= 11 is 0. The molecule has 0 bridgehead atoms. The highest BCUT2D eigenvalue weighted by atomic mass is 14.8. The molecule has 1 aromatic carbocycles. The Morgan fingerprint density at radius 3 is 2.72 bits per heavy atom. The molecule has 1 N–H and O–H groups in total. The minimum absolute atomic E-state index is 0.931. The lowest BCUT2D eigenvalue weighted by Gasteiger charge is -2.10. The molecule has 2 heteroatoms. The SMILES string of the molecule is CCCNCc1cc(C)nc2ccc(CC)cc12. The number of hydrogen-bond acceptors (Lipinski definition) is 2. The Morgan fingerprint density at radius 1 is 1.17 bits per heavy atom. The molecule has 0 saturated heterocycles. The minimum atomic E-state index is 0.931. The number of benzene rings is 1. The molecule has 0 radical (unpaired) electrons. The van der Waals surface area contributed by atoms with Gasteiger partial charge in [-0.1, -0.05) is 19.9 Å². The highest BCUT2D eigenvalue weighted by Gasteiger charge is 2.04. The van der Waals surface area contributed by atoms with Gasteiger partial charge in [0.05, 0.1) is 5.52 Å². The standard InChI is InChI=1S/C16H22N2/c1-4-8-17-11-14-9-12(3)18-16-7-6-13(5-2)10-15(14)16/h6-7,9-10,17H,4-5,8,11H2,1-3H3. The molecular weight excluding hydrogens is 220 g/mol. The van der Waals surface area contributed by atoms with Crippen LogP contribution in [0.25, 0.3) is 10.9 Å². The molecule has 1 heterocycles. The molecule has 1 aromatic heterocycles. The van der Waals surface area contributed by atoms with Crippen LogP contribution < -0.4 is 5.32 Å². The third-order valence-corrected chi connectivity index (χ3v) is 3.24. The van der Waals surface area contributed by atoms with E-state index < -0.39 is 0 Å². The van der Waals surface area contributed by atoms with Crippen molar-refractivity contribution in [3.63, 3.8) is 0 Å². The molecule has 0 unspecified atom stereocenters. The van der Waals surface area contributed by atoms with Crippen LogP contribution >= 0.6 is 0 Å². The zero-order valence-electron chi connectivity index (χ0n) is 11.6. The maximum Gasteiger partial charge on any atom is 0.0708 e. The van der Waals surface area contributed by atoms with Crippen LogP contribution in [0.3, 0.4) is 0 Å². The summed E-state index contributed by atoms with van der Waals surface area (Å²) in [6, 6.07) is 8.80. The van der Waals surface area contributed by atoms with Crippen LogP contribution in [0.15, 0.2) is 24.3 Å². The average Bonchev–Trinajstić information content (AvgIpc) is 2.38. The lowest BCUT2D eigenvalue weighted by molar-refractivity contribution is 0.677. The highest BCUT2D eigenvalue weighted by Crippen LogP contribution is 2.20. The molecule has 2 nitrogen and oxygen atoms in total. The van der Waals surface area contributed by atoms with Crippen molar-refractivity contribution in [2.24, 2.45) is 0 Å². The molecular formula is C16H22N2. The van der Waals surface area contributed by atoms with Gasteiger partial charge in [0.1, 0.15) is 0 Å². The van der Waals surface area contributed by atoms with E-state index in [-0.39, 0.29) is 0 Å². The van der Waals surface area contributed by atoms with Gasteiger partial charge in [-0.3, -0.25) is 4.98 Å². The Balaban J connectivity index is 2.41. The molecule has 0 amide bonds. The van der Waals surface area contributed by atoms with Crippen molar-refractivity contribution in [3.05, 3.63) is 41.1 Å². The van der Waals surface area contributed by atoms with Crippen molar-refractivity contribution >= 4 is 10.9 Å². The molecule has 18 heavy (non-hydrogen) atoms. The largest absolute Gasteiger partial charge is 0.313 e. The van der Waals surface area contributed by atoms with Crippen LogP contribution in [-0.4, -0.2) is 11.5 Å². The van der Waals surface area contributed by atoms with Gasteiger partial charge in [0.15, 0.2) is 0 Å². The van der Waals surface area contributed by atoms with E-state index in [1.807, 2.05) is 0 Å². The number of aromatic nitrogens is 1. The second kappa shape index (κ2) is 5.96. The van der Waals surface area contributed by atoms with E-state index in [0.717, 1.165) is 30.7 Å². The lowest BCUT2D eigenvalue weighted by Crippen LogP contribution is -2.14. The zero-order chi connectivity index (χ0) is 13.0. The summed E-state index contributed by atoms with van der Waals surface area (Å²) in [5, 5.41) is 4.78. The van der Waals surface area contributed by atoms with Gasteiger partial charge in [0, 0.05) is 17.6 Å². The first-order chi connectivity index (χ1) is 8.74. The van der Waals surface area contributed by atoms with Crippen molar-refractivity contribution in [1.29, 1.82) is 0 Å². The Hall–Kier alpha value is -1.41. The monoisotopic (exact) mass is 242 g/mol. The van der Waals surface area contributed by atoms with Gasteiger partial charge < -0.3 is 5.32 Å². The quantitative estimate of drug-likeness (QED) is 0.810. The van der Waals surface area contributed by atoms with Crippen LogP contribution in [0.2, 0.25) is 0 Å². The van der Waals surface area contributed by atoms with Crippen LogP contribution in [0.1, 0.15) is 37.1 Å². The molecule has 0 saturated carbocycles. The fourth-order valence-corrected chi connectivity index (χ4v) is 2.26. The van der Waals surface area contributed by atoms with Crippen molar-refractivity contribution in [1.82, 2.24) is 10.3 Å². The van der Waals surface area contributed by atoms with Gasteiger partial charge in [0.2, 0.25) is 0 Å². The minimum Gasteiger partial charge on any atom is -0.313 e.